The number of carbonyl (C=O) groups is 9. The van der Waals surface area contributed by atoms with Crippen LogP contribution in [0.4, 0.5) is 65.9 Å². The summed E-state index contributed by atoms with van der Waals surface area (Å²) in [5.41, 5.74) is -3.02. The smallest absolute Gasteiger partial charge is 0.432 e. The molecule has 12 saturated carbocycles. The highest BCUT2D eigenvalue weighted by Gasteiger charge is 2.73. The first kappa shape index (κ1) is 105. The lowest BCUT2D eigenvalue weighted by atomic mass is 9.43. The van der Waals surface area contributed by atoms with Crippen molar-refractivity contribution in [2.75, 3.05) is 0 Å². The Morgan fingerprint density at radius 2 is 0.860 bits per heavy atom. The van der Waals surface area contributed by atoms with Crippen molar-refractivity contribution >= 4 is 85.0 Å². The third-order valence-corrected chi connectivity index (χ3v) is 37.2. The molecule has 0 heterocycles. The number of carbonyl (C=O) groups excluding carboxylic acids is 9. The van der Waals surface area contributed by atoms with E-state index in [2.05, 4.69) is 35.0 Å². The van der Waals surface area contributed by atoms with E-state index in [1.54, 1.807) is 27.7 Å². The van der Waals surface area contributed by atoms with E-state index in [0.29, 0.717) is 129 Å². The van der Waals surface area contributed by atoms with E-state index >= 15 is 0 Å². The number of esters is 3. The molecule has 45 heteroatoms. The first-order valence-electron chi connectivity index (χ1n) is 43.7. The van der Waals surface area contributed by atoms with Gasteiger partial charge in [-0.15, -0.1) is 0 Å². The number of alkyl halides is 15. The van der Waals surface area contributed by atoms with Gasteiger partial charge in [-0.25, -0.2) is 25.3 Å². The molecule has 33 atom stereocenters. The van der Waals surface area contributed by atoms with Gasteiger partial charge in [-0.1, -0.05) is 62.3 Å². The molecule has 6 unspecified atom stereocenters. The van der Waals surface area contributed by atoms with Crippen LogP contribution < -0.4 is 0 Å². The van der Waals surface area contributed by atoms with Gasteiger partial charge in [0.25, 0.3) is 37.7 Å². The Labute approximate surface area is 737 Å². The van der Waals surface area contributed by atoms with Gasteiger partial charge in [-0.2, -0.15) is 65.9 Å². The molecule has 0 amide bonds. The highest BCUT2D eigenvalue weighted by molar-refractivity contribution is 7.87. The number of rotatable bonds is 27. The first-order chi connectivity index (χ1) is 59.1. The number of halogens is 15. The van der Waals surface area contributed by atoms with E-state index in [0.717, 1.165) is 12.8 Å². The zero-order valence-corrected chi connectivity index (χ0v) is 74.9. The largest absolute Gasteiger partial charge is 0.743 e. The number of ether oxygens (including phenoxy) is 6. The lowest BCUT2D eigenvalue weighted by molar-refractivity contribution is -0.259. The van der Waals surface area contributed by atoms with Crippen LogP contribution in [0.5, 0.6) is 0 Å². The molecule has 12 aliphatic carbocycles. The maximum atomic E-state index is 13.9. The molecule has 12 aliphatic rings. The predicted octanol–water partition coefficient (Wildman–Crippen LogP) is 13.1. The standard InChI is InChI=1S/C30H41F5O11S.C27H41F5O8S.C27H35F5O8S/c1-16(4-7-24(39)46-26(29(31,32)33)30(34,35)47(40,41)42)19-5-6-20-25-21(12-23(45-15-38)28(19,20)3)27(2)9-8-18(43-13-36)10-17(27)11-22(25)44-14-37;2*1-13(4-7-21(36)40-23(26(28,29)30)27(31,32)41(37,38)39)16-5-6-17-22-18(12-20(35)25(16,17)3)24(2)9-8-15(33)10-14(24)11-19(22)34/h13-23,25-26H,4-12H2,1-3H3,(H,40,41,42);13-20,22-23,33-35H,4-12H2,1-3H3,(H,37,38,39);13-14,16-18,22-23H,4-12H2,1-3H3,(H,37,38,39)/p-3/t16?,17-,18+,19+,20-,21-,22+,23-,25-,26?,27-,28+;13?,14-,15+,16+,17-,18-,19+,20-,22-,23?,24-,25+;13?,14-,16+,17-,18-,22-,23?,24-,25+/m000/s1. The topological polar surface area (TPSA) is 441 Å². The number of hydrogen-bond acceptors (Lipinski definition) is 27. The van der Waals surface area contributed by atoms with Crippen molar-refractivity contribution in [1.29, 1.82) is 0 Å². The normalized spacial score (nSPS) is 39.6. The van der Waals surface area contributed by atoms with E-state index in [1.165, 1.54) is 0 Å². The Bertz CT molecular complexity index is 4500. The van der Waals surface area contributed by atoms with E-state index in [9.17, 15) is 163 Å². The number of fused-ring (bicyclic) bond motifs is 15. The van der Waals surface area contributed by atoms with Crippen LogP contribution in [0.25, 0.3) is 0 Å². The lowest BCUT2D eigenvalue weighted by Crippen LogP contribution is -2.63. The first-order valence-corrected chi connectivity index (χ1v) is 48.0. The Kier molecular flexibility index (Phi) is 30.6. The number of ketones is 3. The Morgan fingerprint density at radius 1 is 0.450 bits per heavy atom. The zero-order chi connectivity index (χ0) is 97.0. The van der Waals surface area contributed by atoms with Crippen LogP contribution in [-0.4, -0.2) is 198 Å². The molecule has 738 valence electrons. The molecule has 0 aromatic rings. The van der Waals surface area contributed by atoms with Gasteiger partial charge in [0.1, 0.15) is 35.7 Å². The molecule has 0 bridgehead atoms. The van der Waals surface area contributed by atoms with E-state index < -0.39 is 179 Å². The second-order valence-electron chi connectivity index (χ2n) is 40.4. The quantitative estimate of drug-likeness (QED) is 0.0226. The SMILES string of the molecule is CC(CCC(=O)OC(C(F)(F)F)C(F)(F)S(=O)(=O)[O-])[C@H]1CC[C@H]2[C@@H]3C(=O)C[C@@H]4CC(=O)CC[C@]4(C)[C@H]3CC(=O)[C@]12C.CC(CCC(=O)OC(C(F)(F)F)C(F)(F)S(=O)(=O)[O-])[C@H]1CC[C@H]2[C@@H]3[C@H](O)C[C@@H]4C[C@H](O)CC[C@]4(C)[C@H]3C[C@H](O)[C@]12C.CC(CCC(=O)OC(C(F)(F)F)C(F)(F)S(=O)(=O)[O-])[C@H]1CC[C@H]2[C@@H]3[C@H](OC=O)C[C@@H]4C[C@H](OC=O)CC[C@]4(C)[C@H]3C[C@H](OC=O)[C@]12C. The highest BCUT2D eigenvalue weighted by Crippen LogP contribution is 2.73. The maximum Gasteiger partial charge on any atom is 0.432 e. The highest BCUT2D eigenvalue weighted by atomic mass is 32.2. The molecule has 0 radical (unpaired) electrons. The second-order valence-corrected chi connectivity index (χ2v) is 44.8. The van der Waals surface area contributed by atoms with E-state index in [4.69, 9.17) is 14.2 Å². The maximum absolute atomic E-state index is 13.9. The van der Waals surface area contributed by atoms with Crippen LogP contribution in [0, 0.1) is 139 Å². The van der Waals surface area contributed by atoms with Crippen LogP contribution >= 0.6 is 0 Å². The fraction of sp³-hybridized carbons (Fsp3) is 0.893. The molecular weight excluding hydrogens is 1820 g/mol. The number of aliphatic hydroxyl groups is 3. The van der Waals surface area contributed by atoms with E-state index in [1.807, 2.05) is 13.8 Å². The average molecular weight is 1940 g/mol. The summed E-state index contributed by atoms with van der Waals surface area (Å²) in [7, 11) is -20.4. The van der Waals surface area contributed by atoms with Gasteiger partial charge in [0.2, 0.25) is 0 Å². The molecule has 3 N–H and O–H groups in total. The summed E-state index contributed by atoms with van der Waals surface area (Å²) in [6.07, 6.45) is -25.8. The fourth-order valence-corrected chi connectivity index (χ4v) is 29.2. The molecule has 12 rings (SSSR count). The monoisotopic (exact) mass is 1940 g/mol. The fourth-order valence-electron chi connectivity index (χ4n) is 27.9. The van der Waals surface area contributed by atoms with Crippen molar-refractivity contribution in [2.45, 2.75) is 325 Å². The van der Waals surface area contributed by atoms with Gasteiger partial charge in [0.15, 0.2) is 30.4 Å². The van der Waals surface area contributed by atoms with Crippen LogP contribution in [0.3, 0.4) is 0 Å². The van der Waals surface area contributed by atoms with Crippen molar-refractivity contribution in [3.63, 3.8) is 0 Å². The van der Waals surface area contributed by atoms with E-state index in [-0.39, 0.29) is 166 Å². The van der Waals surface area contributed by atoms with Gasteiger partial charge in [0.05, 0.1) is 18.3 Å². The summed E-state index contributed by atoms with van der Waals surface area (Å²) < 4.78 is 326. The summed E-state index contributed by atoms with van der Waals surface area (Å²) in [5.74, 6) is -8.25. The van der Waals surface area contributed by atoms with Crippen LogP contribution in [0.15, 0.2) is 0 Å². The Morgan fingerprint density at radius 3 is 1.32 bits per heavy atom. The number of aliphatic hydroxyl groups excluding tert-OH is 3. The van der Waals surface area contributed by atoms with Crippen molar-refractivity contribution in [3.8, 4) is 0 Å². The predicted molar refractivity (Wildman–Crippen MR) is 411 cm³/mol. The van der Waals surface area contributed by atoms with Crippen molar-refractivity contribution in [3.05, 3.63) is 0 Å². The third-order valence-electron chi connectivity index (χ3n) is 34.5. The third kappa shape index (κ3) is 19.7. The van der Waals surface area contributed by atoms with Crippen LogP contribution in [-0.2, 0) is 102 Å². The molecule has 0 aromatic heterocycles. The van der Waals surface area contributed by atoms with Gasteiger partial charge in [-0.3, -0.25) is 43.2 Å². The van der Waals surface area contributed by atoms with Gasteiger partial charge >= 0.3 is 52.2 Å². The second kappa shape index (κ2) is 37.5. The molecule has 0 saturated heterocycles. The van der Waals surface area contributed by atoms with Crippen LogP contribution in [0.2, 0.25) is 0 Å². The molecule has 27 nitrogen and oxygen atoms in total. The molecule has 12 fully saturated rings. The zero-order valence-electron chi connectivity index (χ0n) is 72.4. The molecule has 0 aromatic carbocycles. The van der Waals surface area contributed by atoms with Gasteiger partial charge < -0.3 is 57.4 Å². The summed E-state index contributed by atoms with van der Waals surface area (Å²) in [6, 6.07) is 0. The summed E-state index contributed by atoms with van der Waals surface area (Å²) in [5, 5.41) is 15.4. The van der Waals surface area contributed by atoms with Crippen molar-refractivity contribution in [1.82, 2.24) is 0 Å². The number of hydrogen-bond donors (Lipinski definition) is 3. The van der Waals surface area contributed by atoms with Gasteiger partial charge in [-0.05, 0) is 245 Å². The summed E-state index contributed by atoms with van der Waals surface area (Å²) >= 11 is 0. The summed E-state index contributed by atoms with van der Waals surface area (Å²) in [6.45, 7) is 18.4. The van der Waals surface area contributed by atoms with Crippen molar-refractivity contribution in [2.24, 2.45) is 139 Å². The average Bonchev–Trinajstić information content (AvgIpc) is 1.62. The minimum Gasteiger partial charge on any atom is -0.743 e. The lowest BCUT2D eigenvalue weighted by Gasteiger charge is -2.64. The van der Waals surface area contributed by atoms with Crippen LogP contribution in [0.1, 0.15) is 236 Å². The van der Waals surface area contributed by atoms with Crippen molar-refractivity contribution < 1.29 is 192 Å². The Hall–Kier alpha value is -5.61. The molecular formula is C84H114F15O27S3-3. The van der Waals surface area contributed by atoms with Gasteiger partial charge in [0, 0.05) is 67.6 Å². The number of Topliss-reactive ketones (excluding diaryl/α,β-unsaturated/α-hetero) is 3. The molecule has 129 heavy (non-hydrogen) atoms. The minimum absolute atomic E-state index is 0.0336. The molecule has 0 aliphatic heterocycles. The molecule has 0 spiro atoms. The minimum atomic E-state index is -6.82. The Balaban J connectivity index is 0.000000202. The summed E-state index contributed by atoms with van der Waals surface area (Å²) in [4.78, 5) is 111.